The van der Waals surface area contributed by atoms with Crippen LogP contribution in [0.2, 0.25) is 5.02 Å². The largest absolute Gasteiger partial charge is 0.573 e. The predicted molar refractivity (Wildman–Crippen MR) is 48.8 cm³/mol. The van der Waals surface area contributed by atoms with Crippen LogP contribution in [0.4, 0.5) is 13.2 Å². The van der Waals surface area contributed by atoms with E-state index in [0.29, 0.717) is 0 Å². The quantitative estimate of drug-likeness (QED) is 0.860. The Hall–Kier alpha value is -0.940. The first-order valence-electron chi connectivity index (χ1n) is 4.03. The van der Waals surface area contributed by atoms with Crippen LogP contribution in [0, 0.1) is 0 Å². The summed E-state index contributed by atoms with van der Waals surface area (Å²) in [6.07, 6.45) is -5.70. The second kappa shape index (κ2) is 4.28. The summed E-state index contributed by atoms with van der Waals surface area (Å²) in [5.41, 5.74) is 0.193. The maximum absolute atomic E-state index is 11.9. The molecule has 6 heteroatoms. The monoisotopic (exact) mass is 240 g/mol. The van der Waals surface area contributed by atoms with Gasteiger partial charge in [0.05, 0.1) is 6.10 Å². The zero-order chi connectivity index (χ0) is 11.6. The average molecular weight is 241 g/mol. The van der Waals surface area contributed by atoms with Gasteiger partial charge in [0, 0.05) is 10.6 Å². The maximum atomic E-state index is 11.9. The first-order valence-corrected chi connectivity index (χ1v) is 4.40. The molecule has 0 fully saturated rings. The van der Waals surface area contributed by atoms with Crippen molar-refractivity contribution in [2.75, 3.05) is 0 Å². The zero-order valence-electron chi connectivity index (χ0n) is 7.68. The van der Waals surface area contributed by atoms with Crippen LogP contribution < -0.4 is 4.74 Å². The molecule has 1 aromatic rings. The predicted octanol–water partition coefficient (Wildman–Crippen LogP) is 3.29. The van der Waals surface area contributed by atoms with Crippen LogP contribution >= 0.6 is 11.6 Å². The number of aliphatic hydroxyl groups excluding tert-OH is 1. The molecule has 0 saturated carbocycles. The molecule has 1 atom stereocenters. The van der Waals surface area contributed by atoms with Crippen molar-refractivity contribution >= 4 is 11.6 Å². The Morgan fingerprint density at radius 2 is 2.00 bits per heavy atom. The lowest BCUT2D eigenvalue weighted by Crippen LogP contribution is -2.17. The van der Waals surface area contributed by atoms with E-state index in [-0.39, 0.29) is 10.6 Å². The molecule has 0 aromatic heterocycles. The molecule has 2 nitrogen and oxygen atoms in total. The Kier molecular flexibility index (Phi) is 3.46. The smallest absolute Gasteiger partial charge is 0.406 e. The number of benzene rings is 1. The van der Waals surface area contributed by atoms with Gasteiger partial charge in [-0.1, -0.05) is 11.6 Å². The second-order valence-corrected chi connectivity index (χ2v) is 3.31. The zero-order valence-corrected chi connectivity index (χ0v) is 8.43. The first kappa shape index (κ1) is 12.1. The van der Waals surface area contributed by atoms with Crippen LogP contribution in [-0.2, 0) is 0 Å². The van der Waals surface area contributed by atoms with Crippen molar-refractivity contribution in [1.29, 1.82) is 0 Å². The Bertz CT molecular complexity index is 350. The van der Waals surface area contributed by atoms with Gasteiger partial charge in [0.2, 0.25) is 0 Å². The van der Waals surface area contributed by atoms with Crippen molar-refractivity contribution < 1.29 is 23.0 Å². The minimum atomic E-state index is -4.75. The van der Waals surface area contributed by atoms with Gasteiger partial charge in [0.25, 0.3) is 0 Å². The highest BCUT2D eigenvalue weighted by molar-refractivity contribution is 6.31. The molecule has 1 rings (SSSR count). The summed E-state index contributed by atoms with van der Waals surface area (Å²) in [6, 6.07) is 3.38. The van der Waals surface area contributed by atoms with E-state index in [1.54, 1.807) is 0 Å². The van der Waals surface area contributed by atoms with Crippen molar-refractivity contribution in [1.82, 2.24) is 0 Å². The number of ether oxygens (including phenoxy) is 1. The molecule has 0 aliphatic carbocycles. The molecular weight excluding hydrogens is 233 g/mol. The van der Waals surface area contributed by atoms with Gasteiger partial charge in [0.1, 0.15) is 5.75 Å². The molecule has 84 valence electrons. The highest BCUT2D eigenvalue weighted by atomic mass is 35.5. The summed E-state index contributed by atoms with van der Waals surface area (Å²) in [5, 5.41) is 9.40. The van der Waals surface area contributed by atoms with Crippen molar-refractivity contribution in [3.05, 3.63) is 28.8 Å². The van der Waals surface area contributed by atoms with Gasteiger partial charge < -0.3 is 9.84 Å². The van der Waals surface area contributed by atoms with Crippen molar-refractivity contribution in [2.24, 2.45) is 0 Å². The number of hydrogen-bond acceptors (Lipinski definition) is 2. The molecule has 0 saturated heterocycles. The van der Waals surface area contributed by atoms with E-state index in [1.165, 1.54) is 13.0 Å². The number of halogens is 4. The Morgan fingerprint density at radius 1 is 1.40 bits per heavy atom. The van der Waals surface area contributed by atoms with Crippen LogP contribution in [0.15, 0.2) is 18.2 Å². The van der Waals surface area contributed by atoms with Crippen LogP contribution in [0.3, 0.4) is 0 Å². The third-order valence-corrected chi connectivity index (χ3v) is 2.00. The van der Waals surface area contributed by atoms with Gasteiger partial charge in [-0.15, -0.1) is 13.2 Å². The summed E-state index contributed by atoms with van der Waals surface area (Å²) in [7, 11) is 0. The summed E-state index contributed by atoms with van der Waals surface area (Å²) in [4.78, 5) is 0. The van der Waals surface area contributed by atoms with E-state index >= 15 is 0 Å². The summed E-state index contributed by atoms with van der Waals surface area (Å²) in [6.45, 7) is 1.40. The summed E-state index contributed by atoms with van der Waals surface area (Å²) < 4.78 is 39.2. The lowest BCUT2D eigenvalue weighted by Gasteiger charge is -2.12. The minimum Gasteiger partial charge on any atom is -0.406 e. The van der Waals surface area contributed by atoms with Crippen LogP contribution in [0.1, 0.15) is 18.6 Å². The van der Waals surface area contributed by atoms with E-state index in [9.17, 15) is 18.3 Å². The Morgan fingerprint density at radius 3 is 2.47 bits per heavy atom. The number of alkyl halides is 3. The molecule has 1 unspecified atom stereocenters. The first-order chi connectivity index (χ1) is 6.79. The van der Waals surface area contributed by atoms with Gasteiger partial charge in [-0.2, -0.15) is 0 Å². The van der Waals surface area contributed by atoms with Gasteiger partial charge in [-0.3, -0.25) is 0 Å². The Labute approximate surface area is 89.2 Å². The fraction of sp³-hybridized carbons (Fsp3) is 0.333. The average Bonchev–Trinajstić information content (AvgIpc) is 2.05. The molecule has 1 N–H and O–H groups in total. The molecule has 0 amide bonds. The van der Waals surface area contributed by atoms with Gasteiger partial charge >= 0.3 is 6.36 Å². The van der Waals surface area contributed by atoms with E-state index in [4.69, 9.17) is 11.6 Å². The van der Waals surface area contributed by atoms with Gasteiger partial charge in [-0.25, -0.2) is 0 Å². The number of hydrogen-bond donors (Lipinski definition) is 1. The van der Waals surface area contributed by atoms with E-state index < -0.39 is 18.2 Å². The van der Waals surface area contributed by atoms with Crippen molar-refractivity contribution in [2.45, 2.75) is 19.4 Å². The van der Waals surface area contributed by atoms with Crippen molar-refractivity contribution in [3.8, 4) is 5.75 Å². The van der Waals surface area contributed by atoms with E-state index in [1.807, 2.05) is 0 Å². The third-order valence-electron chi connectivity index (χ3n) is 1.65. The molecule has 0 aliphatic rings. The lowest BCUT2D eigenvalue weighted by molar-refractivity contribution is -0.274. The fourth-order valence-electron chi connectivity index (χ4n) is 1.04. The maximum Gasteiger partial charge on any atom is 0.573 e. The third kappa shape index (κ3) is 3.60. The molecule has 0 aliphatic heterocycles. The molecule has 0 radical (unpaired) electrons. The van der Waals surface area contributed by atoms with E-state index in [0.717, 1.165) is 12.1 Å². The van der Waals surface area contributed by atoms with E-state index in [2.05, 4.69) is 4.74 Å². The van der Waals surface area contributed by atoms with Gasteiger partial charge in [-0.05, 0) is 25.1 Å². The summed E-state index contributed by atoms with van der Waals surface area (Å²) in [5.74, 6) is -0.400. The van der Waals surface area contributed by atoms with Gasteiger partial charge in [0.15, 0.2) is 0 Å². The molecular formula is C9H8ClF3O2. The minimum absolute atomic E-state index is 0.193. The highest BCUT2D eigenvalue weighted by Crippen LogP contribution is 2.30. The van der Waals surface area contributed by atoms with Crippen LogP contribution in [0.5, 0.6) is 5.75 Å². The Balaban J connectivity index is 2.98. The van der Waals surface area contributed by atoms with Crippen LogP contribution in [0.25, 0.3) is 0 Å². The van der Waals surface area contributed by atoms with Crippen molar-refractivity contribution in [3.63, 3.8) is 0 Å². The molecule has 0 spiro atoms. The molecule has 0 heterocycles. The molecule has 0 bridgehead atoms. The molecule has 15 heavy (non-hydrogen) atoms. The highest BCUT2D eigenvalue weighted by Gasteiger charge is 2.31. The summed E-state index contributed by atoms with van der Waals surface area (Å²) >= 11 is 5.67. The molecule has 1 aromatic carbocycles. The standard InChI is InChI=1S/C9H8ClF3O2/c1-5(14)7-4-6(2-3-8(7)10)15-9(11,12)13/h2-5,14H,1H3. The van der Waals surface area contributed by atoms with Crippen LogP contribution in [-0.4, -0.2) is 11.5 Å². The number of aliphatic hydroxyl groups is 1. The number of rotatable bonds is 2. The normalized spacial score (nSPS) is 13.7. The topological polar surface area (TPSA) is 29.5 Å². The lowest BCUT2D eigenvalue weighted by atomic mass is 10.1. The SMILES string of the molecule is CC(O)c1cc(OC(F)(F)F)ccc1Cl. The second-order valence-electron chi connectivity index (χ2n) is 2.91. The fourth-order valence-corrected chi connectivity index (χ4v) is 1.31.